The van der Waals surface area contributed by atoms with Gasteiger partial charge in [-0.25, -0.2) is 9.97 Å². The number of hydrogen-bond donors (Lipinski definition) is 1. The Morgan fingerprint density at radius 1 is 1.36 bits per heavy atom. The van der Waals surface area contributed by atoms with Crippen molar-refractivity contribution in [3.63, 3.8) is 0 Å². The number of nitrogens with zero attached hydrogens (tertiary/aromatic N) is 4. The lowest BCUT2D eigenvalue weighted by molar-refractivity contribution is 0.961. The van der Waals surface area contributed by atoms with Crippen LogP contribution in [-0.4, -0.2) is 16.5 Å². The van der Waals surface area contributed by atoms with Crippen LogP contribution in [0.15, 0.2) is 6.20 Å². The van der Waals surface area contributed by atoms with Crippen LogP contribution in [0.4, 0.5) is 5.82 Å². The van der Waals surface area contributed by atoms with Crippen molar-refractivity contribution in [1.82, 2.24) is 9.97 Å². The molecule has 0 fully saturated rings. The van der Waals surface area contributed by atoms with Gasteiger partial charge in [-0.1, -0.05) is 6.92 Å². The van der Waals surface area contributed by atoms with Crippen LogP contribution in [0, 0.1) is 22.7 Å². The molecule has 0 amide bonds. The van der Waals surface area contributed by atoms with Crippen LogP contribution in [0.25, 0.3) is 0 Å². The molecule has 1 aromatic rings. The summed E-state index contributed by atoms with van der Waals surface area (Å²) in [5.74, 6) is 0.530. The maximum Gasteiger partial charge on any atom is 0.179 e. The van der Waals surface area contributed by atoms with Crippen molar-refractivity contribution in [3.05, 3.63) is 17.6 Å². The van der Waals surface area contributed by atoms with Crippen LogP contribution >= 0.6 is 0 Å². The van der Waals surface area contributed by atoms with Gasteiger partial charge in [0, 0.05) is 6.54 Å². The average Bonchev–Trinajstić information content (AvgIpc) is 2.25. The normalized spacial score (nSPS) is 8.79. The van der Waals surface area contributed by atoms with Gasteiger partial charge in [0.2, 0.25) is 0 Å². The summed E-state index contributed by atoms with van der Waals surface area (Å²) in [5.41, 5.74) is 0.128. The highest BCUT2D eigenvalue weighted by atomic mass is 15.0. The molecule has 0 aliphatic carbocycles. The van der Waals surface area contributed by atoms with E-state index in [4.69, 9.17) is 10.5 Å². The third-order valence-corrected chi connectivity index (χ3v) is 1.54. The topological polar surface area (TPSA) is 85.4 Å². The Morgan fingerprint density at radius 3 is 2.64 bits per heavy atom. The predicted molar refractivity (Wildman–Crippen MR) is 50.2 cm³/mol. The first kappa shape index (κ1) is 9.94. The maximum atomic E-state index is 8.67. The lowest BCUT2D eigenvalue weighted by Crippen LogP contribution is -2.04. The smallest absolute Gasteiger partial charge is 0.179 e. The minimum absolute atomic E-state index is 0.0635. The first-order chi connectivity index (χ1) is 6.81. The molecule has 0 saturated heterocycles. The first-order valence-corrected chi connectivity index (χ1v) is 4.23. The largest absolute Gasteiger partial charge is 0.369 e. The van der Waals surface area contributed by atoms with Crippen LogP contribution in [0.1, 0.15) is 24.7 Å². The molecule has 5 heteroatoms. The molecule has 14 heavy (non-hydrogen) atoms. The lowest BCUT2D eigenvalue weighted by atomic mass is 10.3. The van der Waals surface area contributed by atoms with Gasteiger partial charge in [0.1, 0.15) is 18.0 Å². The fraction of sp³-hybridized carbons (Fsp3) is 0.333. The van der Waals surface area contributed by atoms with E-state index < -0.39 is 0 Å². The van der Waals surface area contributed by atoms with Gasteiger partial charge in [0.25, 0.3) is 0 Å². The molecule has 5 nitrogen and oxygen atoms in total. The summed E-state index contributed by atoms with van der Waals surface area (Å²) >= 11 is 0. The summed E-state index contributed by atoms with van der Waals surface area (Å²) in [6, 6.07) is 3.63. The molecular weight excluding hydrogens is 178 g/mol. The van der Waals surface area contributed by atoms with Crippen LogP contribution in [0.3, 0.4) is 0 Å². The molecule has 0 spiro atoms. The van der Waals surface area contributed by atoms with Crippen molar-refractivity contribution in [1.29, 1.82) is 10.5 Å². The lowest BCUT2D eigenvalue weighted by Gasteiger charge is -2.02. The molecule has 0 saturated carbocycles. The molecule has 1 rings (SSSR count). The highest BCUT2D eigenvalue weighted by molar-refractivity contribution is 5.42. The molecule has 0 aliphatic rings. The summed E-state index contributed by atoms with van der Waals surface area (Å²) in [6.45, 7) is 2.79. The van der Waals surface area contributed by atoms with Gasteiger partial charge >= 0.3 is 0 Å². The number of anilines is 1. The van der Waals surface area contributed by atoms with Crippen molar-refractivity contribution in [3.8, 4) is 12.1 Å². The Bertz CT molecular complexity index is 399. The zero-order valence-electron chi connectivity index (χ0n) is 7.78. The van der Waals surface area contributed by atoms with Gasteiger partial charge in [0.05, 0.1) is 6.20 Å². The van der Waals surface area contributed by atoms with E-state index in [1.165, 1.54) is 6.20 Å². The molecule has 0 atom stereocenters. The Hall–Kier alpha value is -2.14. The van der Waals surface area contributed by atoms with Crippen LogP contribution in [0.5, 0.6) is 0 Å². The third-order valence-electron chi connectivity index (χ3n) is 1.54. The molecule has 70 valence electrons. The van der Waals surface area contributed by atoms with E-state index in [9.17, 15) is 0 Å². The first-order valence-electron chi connectivity index (χ1n) is 4.23. The van der Waals surface area contributed by atoms with E-state index in [1.54, 1.807) is 6.07 Å². The second-order valence-corrected chi connectivity index (χ2v) is 2.60. The minimum atomic E-state index is 0.0635. The zero-order chi connectivity index (χ0) is 10.4. The highest BCUT2D eigenvalue weighted by Crippen LogP contribution is 2.05. The quantitative estimate of drug-likeness (QED) is 0.764. The van der Waals surface area contributed by atoms with Gasteiger partial charge in [-0.3, -0.25) is 0 Å². The van der Waals surface area contributed by atoms with Crippen molar-refractivity contribution in [2.75, 3.05) is 11.9 Å². The highest BCUT2D eigenvalue weighted by Gasteiger charge is 2.05. The fourth-order valence-corrected chi connectivity index (χ4v) is 0.887. The second-order valence-electron chi connectivity index (χ2n) is 2.60. The molecule has 1 heterocycles. The number of nitrogens with one attached hydrogen (secondary N) is 1. The third kappa shape index (κ3) is 2.18. The predicted octanol–water partition coefficient (Wildman–Crippen LogP) is 1.04. The molecule has 0 radical (unpaired) electrons. The number of aromatic nitrogens is 2. The summed E-state index contributed by atoms with van der Waals surface area (Å²) in [7, 11) is 0. The number of hydrogen-bond acceptors (Lipinski definition) is 5. The van der Waals surface area contributed by atoms with E-state index in [-0.39, 0.29) is 11.4 Å². The standard InChI is InChI=1S/C9H9N5/c1-2-3-12-9-6-13-7(4-10)8(5-11)14-9/h6H,2-3H2,1H3,(H,12,14). The van der Waals surface area contributed by atoms with Gasteiger partial charge in [-0.2, -0.15) is 10.5 Å². The van der Waals surface area contributed by atoms with E-state index in [2.05, 4.69) is 15.3 Å². The van der Waals surface area contributed by atoms with Gasteiger partial charge in [-0.05, 0) is 6.42 Å². The van der Waals surface area contributed by atoms with Crippen LogP contribution < -0.4 is 5.32 Å². The summed E-state index contributed by atoms with van der Waals surface area (Å²) < 4.78 is 0. The SMILES string of the molecule is CCCNc1cnc(C#N)c(C#N)n1. The molecule has 1 aromatic heterocycles. The Balaban J connectivity index is 2.93. The monoisotopic (exact) mass is 187 g/mol. The van der Waals surface area contributed by atoms with E-state index in [0.717, 1.165) is 13.0 Å². The van der Waals surface area contributed by atoms with Gasteiger partial charge in [-0.15, -0.1) is 0 Å². The minimum Gasteiger partial charge on any atom is -0.369 e. The van der Waals surface area contributed by atoms with Gasteiger partial charge < -0.3 is 5.32 Å². The van der Waals surface area contributed by atoms with E-state index >= 15 is 0 Å². The van der Waals surface area contributed by atoms with Crippen LogP contribution in [-0.2, 0) is 0 Å². The Kier molecular flexibility index (Phi) is 3.40. The van der Waals surface area contributed by atoms with Gasteiger partial charge in [0.15, 0.2) is 11.4 Å². The Morgan fingerprint density at radius 2 is 2.07 bits per heavy atom. The van der Waals surface area contributed by atoms with Crippen molar-refractivity contribution in [2.24, 2.45) is 0 Å². The zero-order valence-corrected chi connectivity index (χ0v) is 7.78. The Labute approximate surface area is 82.0 Å². The fourth-order valence-electron chi connectivity index (χ4n) is 0.887. The second kappa shape index (κ2) is 4.78. The number of nitriles is 2. The molecular formula is C9H9N5. The van der Waals surface area contributed by atoms with Crippen molar-refractivity contribution >= 4 is 5.82 Å². The molecule has 0 aliphatic heterocycles. The summed E-state index contributed by atoms with van der Waals surface area (Å²) in [5, 5.41) is 20.2. The summed E-state index contributed by atoms with van der Waals surface area (Å²) in [4.78, 5) is 7.75. The molecule has 0 unspecified atom stereocenters. The maximum absolute atomic E-state index is 8.67. The average molecular weight is 187 g/mol. The molecule has 1 N–H and O–H groups in total. The summed E-state index contributed by atoms with van der Waals surface area (Å²) in [6.07, 6.45) is 2.42. The number of rotatable bonds is 3. The molecule has 0 bridgehead atoms. The molecule has 0 aromatic carbocycles. The van der Waals surface area contributed by atoms with E-state index in [0.29, 0.717) is 5.82 Å². The van der Waals surface area contributed by atoms with Crippen molar-refractivity contribution in [2.45, 2.75) is 13.3 Å². The van der Waals surface area contributed by atoms with Crippen molar-refractivity contribution < 1.29 is 0 Å². The van der Waals surface area contributed by atoms with Crippen LogP contribution in [0.2, 0.25) is 0 Å². The van der Waals surface area contributed by atoms with E-state index in [1.807, 2.05) is 13.0 Å².